The molecule has 4 nitrogen and oxygen atoms in total. The van der Waals surface area contributed by atoms with Crippen molar-refractivity contribution in [3.05, 3.63) is 24.3 Å². The van der Waals surface area contributed by atoms with E-state index < -0.39 is 5.60 Å². The van der Waals surface area contributed by atoms with Gasteiger partial charge in [0.25, 0.3) is 0 Å². The number of unbranched alkanes of at least 4 members (excludes halogenated alkanes) is 3. The van der Waals surface area contributed by atoms with Gasteiger partial charge >= 0.3 is 0 Å². The standard InChI is InChI=1S/C22H36O4/c1-3-4-15-22(2,26)16-9-10-18-13-14-21(25)20(18)12-8-6-5-7-11-19(24)17-23/h4,9-10,15,18,20,23,26H,3,5-8,11-14,16-17H2,1-2H3/t18-,20+,22?/m0/s1. The summed E-state index contributed by atoms with van der Waals surface area (Å²) >= 11 is 0. The van der Waals surface area contributed by atoms with E-state index in [2.05, 4.69) is 6.08 Å². The SMILES string of the molecule is CCC=CC(C)(O)CC=C[C@H]1CCC(=O)[C@@H]1CCCCCCC(=O)CO. The van der Waals surface area contributed by atoms with Crippen LogP contribution in [0.15, 0.2) is 24.3 Å². The molecule has 1 fully saturated rings. The van der Waals surface area contributed by atoms with E-state index in [1.54, 1.807) is 0 Å². The number of carbonyl (C=O) groups is 2. The maximum Gasteiger partial charge on any atom is 0.158 e. The number of hydrogen-bond donors (Lipinski definition) is 2. The molecule has 0 heterocycles. The van der Waals surface area contributed by atoms with Crippen molar-refractivity contribution >= 4 is 11.6 Å². The minimum atomic E-state index is -0.823. The van der Waals surface area contributed by atoms with E-state index in [9.17, 15) is 14.7 Å². The van der Waals surface area contributed by atoms with Gasteiger partial charge in [0.2, 0.25) is 0 Å². The molecule has 1 aliphatic carbocycles. The molecule has 26 heavy (non-hydrogen) atoms. The Bertz CT molecular complexity index is 490. The van der Waals surface area contributed by atoms with Crippen molar-refractivity contribution in [3.63, 3.8) is 0 Å². The molecular weight excluding hydrogens is 328 g/mol. The van der Waals surface area contributed by atoms with Gasteiger partial charge in [0.15, 0.2) is 5.78 Å². The molecule has 0 aliphatic heterocycles. The second-order valence-corrected chi connectivity index (χ2v) is 7.73. The summed E-state index contributed by atoms with van der Waals surface area (Å²) in [6.45, 7) is 3.50. The largest absolute Gasteiger partial charge is 0.389 e. The molecule has 2 N–H and O–H groups in total. The lowest BCUT2D eigenvalue weighted by Gasteiger charge is -2.18. The van der Waals surface area contributed by atoms with E-state index in [-0.39, 0.29) is 18.3 Å². The van der Waals surface area contributed by atoms with Crippen molar-refractivity contribution in [3.8, 4) is 0 Å². The third kappa shape index (κ3) is 8.91. The fraction of sp³-hybridized carbons (Fsp3) is 0.727. The van der Waals surface area contributed by atoms with Crippen LogP contribution in [0.3, 0.4) is 0 Å². The Hall–Kier alpha value is -1.26. The van der Waals surface area contributed by atoms with Crippen LogP contribution in [0.1, 0.15) is 78.1 Å². The third-order valence-corrected chi connectivity index (χ3v) is 5.18. The summed E-state index contributed by atoms with van der Waals surface area (Å²) in [6, 6.07) is 0. The van der Waals surface area contributed by atoms with Crippen molar-refractivity contribution in [2.45, 2.75) is 83.7 Å². The Labute approximate surface area is 158 Å². The molecule has 3 atom stereocenters. The van der Waals surface area contributed by atoms with Gasteiger partial charge in [-0.25, -0.2) is 0 Å². The highest BCUT2D eigenvalue weighted by Gasteiger charge is 2.32. The summed E-state index contributed by atoms with van der Waals surface area (Å²) in [5, 5.41) is 19.0. The molecule has 0 radical (unpaired) electrons. The summed E-state index contributed by atoms with van der Waals surface area (Å²) in [5.74, 6) is 0.685. The zero-order valence-corrected chi connectivity index (χ0v) is 16.5. The number of rotatable bonds is 13. The highest BCUT2D eigenvalue weighted by molar-refractivity contribution is 5.83. The maximum absolute atomic E-state index is 12.2. The molecule has 0 aromatic heterocycles. The number of carbonyl (C=O) groups excluding carboxylic acids is 2. The van der Waals surface area contributed by atoms with E-state index in [1.807, 2.05) is 32.1 Å². The van der Waals surface area contributed by atoms with Crippen LogP contribution >= 0.6 is 0 Å². The second-order valence-electron chi connectivity index (χ2n) is 7.73. The van der Waals surface area contributed by atoms with E-state index in [0.717, 1.165) is 44.9 Å². The normalized spacial score (nSPS) is 23.2. The van der Waals surface area contributed by atoms with Crippen LogP contribution in [0.5, 0.6) is 0 Å². The Morgan fingerprint density at radius 1 is 1.23 bits per heavy atom. The molecule has 1 unspecified atom stereocenters. The molecule has 0 aromatic carbocycles. The monoisotopic (exact) mass is 364 g/mol. The first-order chi connectivity index (χ1) is 12.4. The van der Waals surface area contributed by atoms with E-state index in [0.29, 0.717) is 31.0 Å². The predicted octanol–water partition coefficient (Wildman–Crippen LogP) is 4.15. The Kier molecular flexibility index (Phi) is 10.7. The van der Waals surface area contributed by atoms with Crippen LogP contribution in [0, 0.1) is 11.8 Å². The number of aliphatic hydroxyl groups excluding tert-OH is 1. The van der Waals surface area contributed by atoms with Gasteiger partial charge in [0.1, 0.15) is 12.4 Å². The van der Waals surface area contributed by atoms with Crippen molar-refractivity contribution < 1.29 is 19.8 Å². The number of allylic oxidation sites excluding steroid dienone is 2. The lowest BCUT2D eigenvalue weighted by Crippen LogP contribution is -2.19. The first kappa shape index (κ1) is 22.8. The van der Waals surface area contributed by atoms with Gasteiger partial charge in [-0.2, -0.15) is 0 Å². The summed E-state index contributed by atoms with van der Waals surface area (Å²) < 4.78 is 0. The first-order valence-electron chi connectivity index (χ1n) is 10.1. The van der Waals surface area contributed by atoms with Crippen molar-refractivity contribution in [2.24, 2.45) is 11.8 Å². The fourth-order valence-corrected chi connectivity index (χ4v) is 3.58. The lowest BCUT2D eigenvalue weighted by atomic mass is 9.89. The summed E-state index contributed by atoms with van der Waals surface area (Å²) in [6.07, 6.45) is 16.2. The Balaban J connectivity index is 2.35. The van der Waals surface area contributed by atoms with Crippen LogP contribution < -0.4 is 0 Å². The molecule has 0 aromatic rings. The van der Waals surface area contributed by atoms with Gasteiger partial charge in [0.05, 0.1) is 5.60 Å². The van der Waals surface area contributed by atoms with Gasteiger partial charge in [-0.15, -0.1) is 0 Å². The topological polar surface area (TPSA) is 74.6 Å². The molecular formula is C22H36O4. The molecule has 148 valence electrons. The van der Waals surface area contributed by atoms with Crippen molar-refractivity contribution in [1.82, 2.24) is 0 Å². The van der Waals surface area contributed by atoms with Crippen LogP contribution in [0.4, 0.5) is 0 Å². The number of aliphatic hydroxyl groups is 2. The van der Waals surface area contributed by atoms with Gasteiger partial charge in [-0.1, -0.05) is 50.5 Å². The lowest BCUT2D eigenvalue weighted by molar-refractivity contribution is -0.122. The highest BCUT2D eigenvalue weighted by atomic mass is 16.3. The summed E-state index contributed by atoms with van der Waals surface area (Å²) in [7, 11) is 0. The van der Waals surface area contributed by atoms with Crippen LogP contribution in [-0.4, -0.2) is 34.0 Å². The van der Waals surface area contributed by atoms with E-state index in [1.165, 1.54) is 0 Å². The Morgan fingerprint density at radius 3 is 2.65 bits per heavy atom. The number of ketones is 2. The van der Waals surface area contributed by atoms with Gasteiger partial charge < -0.3 is 10.2 Å². The van der Waals surface area contributed by atoms with E-state index >= 15 is 0 Å². The molecule has 0 bridgehead atoms. The minimum absolute atomic E-state index is 0.0918. The highest BCUT2D eigenvalue weighted by Crippen LogP contribution is 2.34. The third-order valence-electron chi connectivity index (χ3n) is 5.18. The molecule has 0 spiro atoms. The molecule has 1 rings (SSSR count). The molecule has 1 aliphatic rings. The summed E-state index contributed by atoms with van der Waals surface area (Å²) in [4.78, 5) is 23.2. The molecule has 0 saturated heterocycles. The Morgan fingerprint density at radius 2 is 1.96 bits per heavy atom. The predicted molar refractivity (Wildman–Crippen MR) is 105 cm³/mol. The molecule has 1 saturated carbocycles. The molecule has 0 amide bonds. The zero-order chi connectivity index (χ0) is 19.4. The van der Waals surface area contributed by atoms with Crippen LogP contribution in [0.25, 0.3) is 0 Å². The second kappa shape index (κ2) is 12.2. The fourth-order valence-electron chi connectivity index (χ4n) is 3.58. The molecule has 4 heteroatoms. The zero-order valence-electron chi connectivity index (χ0n) is 16.5. The number of Topliss-reactive ketones (excluding diaryl/α,β-unsaturated/α-hetero) is 2. The van der Waals surface area contributed by atoms with Crippen molar-refractivity contribution in [1.29, 1.82) is 0 Å². The van der Waals surface area contributed by atoms with Crippen LogP contribution in [-0.2, 0) is 9.59 Å². The van der Waals surface area contributed by atoms with Gasteiger partial charge in [-0.3, -0.25) is 9.59 Å². The van der Waals surface area contributed by atoms with Crippen molar-refractivity contribution in [2.75, 3.05) is 6.61 Å². The minimum Gasteiger partial charge on any atom is -0.389 e. The quantitative estimate of drug-likeness (QED) is 0.380. The van der Waals surface area contributed by atoms with Gasteiger partial charge in [-0.05, 0) is 44.9 Å². The maximum atomic E-state index is 12.2. The van der Waals surface area contributed by atoms with E-state index in [4.69, 9.17) is 5.11 Å². The number of hydrogen-bond acceptors (Lipinski definition) is 4. The first-order valence-corrected chi connectivity index (χ1v) is 10.1. The average Bonchev–Trinajstić information content (AvgIpc) is 2.96. The van der Waals surface area contributed by atoms with Gasteiger partial charge in [0, 0.05) is 18.8 Å². The van der Waals surface area contributed by atoms with Crippen LogP contribution in [0.2, 0.25) is 0 Å². The smallest absolute Gasteiger partial charge is 0.158 e. The average molecular weight is 365 g/mol. The summed E-state index contributed by atoms with van der Waals surface area (Å²) in [5.41, 5.74) is -0.823.